The van der Waals surface area contributed by atoms with Crippen LogP contribution in [0.1, 0.15) is 37.3 Å². The molecule has 134 valence electrons. The fourth-order valence-electron chi connectivity index (χ4n) is 1.65. The van der Waals surface area contributed by atoms with Gasteiger partial charge in [0.15, 0.2) is 0 Å². The molecule has 0 saturated carbocycles. The van der Waals surface area contributed by atoms with Crippen molar-refractivity contribution >= 4 is 27.7 Å². The van der Waals surface area contributed by atoms with Gasteiger partial charge in [0.2, 0.25) is 0 Å². The summed E-state index contributed by atoms with van der Waals surface area (Å²) < 4.78 is 110. The fourth-order valence-corrected chi connectivity index (χ4v) is 2.13. The van der Waals surface area contributed by atoms with Crippen LogP contribution in [0.2, 0.25) is 0 Å². The summed E-state index contributed by atoms with van der Waals surface area (Å²) in [6, 6.07) is 1.91. The zero-order valence-electron chi connectivity index (χ0n) is 21.0. The molecule has 0 radical (unpaired) electrons. The third-order valence-corrected chi connectivity index (χ3v) is 3.05. The molecule has 0 unspecified atom stereocenters. The maximum absolute atomic E-state index is 13.3. The number of hydrogen-bond donors (Lipinski definition) is 0. The van der Waals surface area contributed by atoms with Gasteiger partial charge in [-0.05, 0) is 39.0 Å². The van der Waals surface area contributed by atoms with Gasteiger partial charge in [-0.3, -0.25) is 0 Å². The first-order valence-electron chi connectivity index (χ1n) is 10.7. The van der Waals surface area contributed by atoms with Gasteiger partial charge in [0.1, 0.15) is 5.60 Å². The summed E-state index contributed by atoms with van der Waals surface area (Å²) in [5.74, 6) is 0. The molecule has 1 saturated heterocycles. The first-order chi connectivity index (χ1) is 14.0. The van der Waals surface area contributed by atoms with E-state index in [2.05, 4.69) is 15.9 Å². The number of rotatable bonds is 1. The van der Waals surface area contributed by atoms with Gasteiger partial charge in [0.05, 0.1) is 16.5 Å². The highest BCUT2D eigenvalue weighted by Gasteiger charge is 2.32. The van der Waals surface area contributed by atoms with Crippen LogP contribution in [0.4, 0.5) is 23.7 Å². The SMILES string of the molecule is [2H]C1([2H])N(C(=O)OC(C)(C)C)C([2H])([2H])C([2H])([2H])N(c2cc(Br)cc(C(F)(F)F)c2)C1([2H])[2H]. The van der Waals surface area contributed by atoms with Crippen molar-refractivity contribution in [1.82, 2.24) is 4.90 Å². The average molecular weight is 417 g/mol. The molecule has 1 aliphatic heterocycles. The highest BCUT2D eigenvalue weighted by Crippen LogP contribution is 2.34. The van der Waals surface area contributed by atoms with Crippen molar-refractivity contribution in [2.45, 2.75) is 32.5 Å². The average Bonchev–Trinajstić information content (AvgIpc) is 2.49. The van der Waals surface area contributed by atoms with E-state index in [1.165, 1.54) is 20.8 Å². The lowest BCUT2D eigenvalue weighted by atomic mass is 10.1. The van der Waals surface area contributed by atoms with Gasteiger partial charge < -0.3 is 14.5 Å². The molecule has 24 heavy (non-hydrogen) atoms. The van der Waals surface area contributed by atoms with E-state index in [1.54, 1.807) is 0 Å². The molecule has 2 rings (SSSR count). The van der Waals surface area contributed by atoms with Gasteiger partial charge in [-0.1, -0.05) is 15.9 Å². The summed E-state index contributed by atoms with van der Waals surface area (Å²) in [7, 11) is 0. The highest BCUT2D eigenvalue weighted by atomic mass is 79.9. The van der Waals surface area contributed by atoms with Crippen LogP contribution in [0.3, 0.4) is 0 Å². The maximum atomic E-state index is 13.3. The largest absolute Gasteiger partial charge is 0.444 e. The van der Waals surface area contributed by atoms with E-state index >= 15 is 0 Å². The molecule has 1 aromatic carbocycles. The monoisotopic (exact) mass is 416 g/mol. The van der Waals surface area contributed by atoms with Crippen molar-refractivity contribution in [3.63, 3.8) is 0 Å². The molecule has 0 N–H and O–H groups in total. The highest BCUT2D eigenvalue weighted by molar-refractivity contribution is 9.10. The molecule has 0 aliphatic carbocycles. The summed E-state index contributed by atoms with van der Waals surface area (Å²) in [5, 5.41) is 0. The number of carbonyl (C=O) groups excluding carboxylic acids is 1. The number of ether oxygens (including phenoxy) is 1. The lowest BCUT2D eigenvalue weighted by Gasteiger charge is -2.37. The predicted octanol–water partition coefficient (Wildman–Crippen LogP) is 4.53. The van der Waals surface area contributed by atoms with Crippen LogP contribution in [0.25, 0.3) is 0 Å². The van der Waals surface area contributed by atoms with Gasteiger partial charge >= 0.3 is 12.3 Å². The lowest BCUT2D eigenvalue weighted by Crippen LogP contribution is -2.50. The Morgan fingerprint density at radius 3 is 2.25 bits per heavy atom. The Labute approximate surface area is 158 Å². The maximum Gasteiger partial charge on any atom is 0.416 e. The van der Waals surface area contributed by atoms with E-state index in [1.807, 2.05) is 0 Å². The number of nitrogens with zero attached hydrogens (tertiary/aromatic N) is 2. The van der Waals surface area contributed by atoms with Gasteiger partial charge in [-0.25, -0.2) is 4.79 Å². The van der Waals surface area contributed by atoms with Crippen molar-refractivity contribution in [2.24, 2.45) is 0 Å². The molecule has 0 spiro atoms. The number of hydrogen-bond acceptors (Lipinski definition) is 3. The van der Waals surface area contributed by atoms with E-state index in [4.69, 9.17) is 15.7 Å². The third-order valence-electron chi connectivity index (χ3n) is 2.59. The minimum atomic E-state index is -4.91. The molecule has 1 fully saturated rings. The number of amides is 1. The van der Waals surface area contributed by atoms with Crippen LogP contribution in [-0.2, 0) is 10.9 Å². The van der Waals surface area contributed by atoms with Gasteiger partial charge in [-0.15, -0.1) is 0 Å². The molecule has 8 heteroatoms. The number of piperazine rings is 1. The second-order valence-corrected chi connectivity index (χ2v) is 6.71. The molecule has 0 bridgehead atoms. The molecular weight excluding hydrogens is 389 g/mol. The quantitative estimate of drug-likeness (QED) is 0.674. The smallest absolute Gasteiger partial charge is 0.416 e. The first kappa shape index (κ1) is 10.5. The Morgan fingerprint density at radius 2 is 1.75 bits per heavy atom. The van der Waals surface area contributed by atoms with Crippen LogP contribution in [0, 0.1) is 0 Å². The minimum Gasteiger partial charge on any atom is -0.444 e. The van der Waals surface area contributed by atoms with Crippen molar-refractivity contribution in [3.05, 3.63) is 28.2 Å². The molecule has 1 heterocycles. The normalized spacial score (nSPS) is 29.6. The standard InChI is InChI=1S/C16H20BrF3N2O2/c1-15(2,3)24-14(23)22-6-4-21(5-7-22)13-9-11(16(18,19)20)8-12(17)10-13/h8-10H,4-7H2,1-3H3/i4D2,5D2,6D2,7D2. The zero-order valence-corrected chi connectivity index (χ0v) is 14.5. The molecular formula is C16H20BrF3N2O2. The van der Waals surface area contributed by atoms with Crippen molar-refractivity contribution < 1.29 is 33.7 Å². The van der Waals surface area contributed by atoms with Crippen molar-refractivity contribution in [2.75, 3.05) is 30.9 Å². The van der Waals surface area contributed by atoms with Gasteiger partial charge in [-0.2, -0.15) is 13.2 Å². The van der Waals surface area contributed by atoms with Gasteiger partial charge in [0.25, 0.3) is 0 Å². The van der Waals surface area contributed by atoms with Crippen molar-refractivity contribution in [1.29, 1.82) is 0 Å². The number of benzene rings is 1. The van der Waals surface area contributed by atoms with Crippen LogP contribution >= 0.6 is 15.9 Å². The van der Waals surface area contributed by atoms with Crippen LogP contribution in [0.5, 0.6) is 0 Å². The Hall–Kier alpha value is -1.44. The fraction of sp³-hybridized carbons (Fsp3) is 0.562. The van der Waals surface area contributed by atoms with Gasteiger partial charge in [0, 0.05) is 36.1 Å². The Balaban J connectivity index is 2.78. The number of alkyl halides is 3. The third kappa shape index (κ3) is 5.03. The summed E-state index contributed by atoms with van der Waals surface area (Å²) in [6.45, 7) is -10.1. The number of halogens is 4. The molecule has 0 atom stereocenters. The molecule has 1 aromatic rings. The summed E-state index contributed by atoms with van der Waals surface area (Å²) in [6.07, 6.45) is -6.58. The minimum absolute atomic E-state index is 0.0686. The topological polar surface area (TPSA) is 32.8 Å². The molecule has 0 aromatic heterocycles. The summed E-state index contributed by atoms with van der Waals surface area (Å²) >= 11 is 2.83. The van der Waals surface area contributed by atoms with Crippen LogP contribution in [-0.4, -0.2) is 42.6 Å². The summed E-state index contributed by atoms with van der Waals surface area (Å²) in [4.78, 5) is 12.2. The number of anilines is 1. The van der Waals surface area contributed by atoms with E-state index < -0.39 is 55.1 Å². The molecule has 1 aliphatic rings. The molecule has 4 nitrogen and oxygen atoms in total. The summed E-state index contributed by atoms with van der Waals surface area (Å²) in [5.41, 5.74) is -3.35. The Bertz CT molecular complexity index is 894. The zero-order chi connectivity index (χ0) is 25.3. The Morgan fingerprint density at radius 1 is 1.17 bits per heavy atom. The van der Waals surface area contributed by atoms with Crippen molar-refractivity contribution in [3.8, 4) is 0 Å². The second-order valence-electron chi connectivity index (χ2n) is 5.79. The van der Waals surface area contributed by atoms with E-state index in [9.17, 15) is 18.0 Å². The van der Waals surface area contributed by atoms with Crippen LogP contribution < -0.4 is 4.90 Å². The van der Waals surface area contributed by atoms with Crippen LogP contribution in [0.15, 0.2) is 22.7 Å². The first-order valence-corrected chi connectivity index (χ1v) is 7.48. The lowest BCUT2D eigenvalue weighted by molar-refractivity contribution is -0.137. The second kappa shape index (κ2) is 6.82. The van der Waals surface area contributed by atoms with E-state index in [-0.39, 0.29) is 14.3 Å². The number of carbonyl (C=O) groups is 1. The molecule has 1 amide bonds. The van der Waals surface area contributed by atoms with E-state index in [0.29, 0.717) is 12.1 Å². The Kier molecular flexibility index (Phi) is 2.99. The van der Waals surface area contributed by atoms with E-state index in [0.717, 1.165) is 6.07 Å². The predicted molar refractivity (Wildman–Crippen MR) is 89.2 cm³/mol.